The summed E-state index contributed by atoms with van der Waals surface area (Å²) in [5.74, 6) is 1.91. The van der Waals surface area contributed by atoms with Crippen LogP contribution in [0.2, 0.25) is 0 Å². The lowest BCUT2D eigenvalue weighted by atomic mass is 10.3. The van der Waals surface area contributed by atoms with E-state index in [1.165, 1.54) is 0 Å². The molecule has 1 aliphatic heterocycles. The Labute approximate surface area is 124 Å². The van der Waals surface area contributed by atoms with E-state index in [1.54, 1.807) is 11.8 Å². The topological polar surface area (TPSA) is 15.7 Å². The molecule has 1 aromatic carbocycles. The Bertz CT molecular complexity index is 411. The van der Waals surface area contributed by atoms with Gasteiger partial charge in [0, 0.05) is 6.04 Å². The molecule has 1 saturated heterocycles. The molecule has 104 valence electrons. The fraction of sp³-hybridized carbons (Fsp3) is 0.500. The van der Waals surface area contributed by atoms with Crippen LogP contribution in [0.1, 0.15) is 13.8 Å². The molecule has 0 unspecified atom stereocenters. The number of benzene rings is 1. The Hall–Kier alpha value is -0.780. The van der Waals surface area contributed by atoms with Crippen LogP contribution in [0.25, 0.3) is 0 Å². The van der Waals surface area contributed by atoms with Crippen LogP contribution >= 0.6 is 24.0 Å². The Kier molecular flexibility index (Phi) is 5.48. The molecule has 1 fully saturated rings. The first-order valence-electron chi connectivity index (χ1n) is 6.50. The molecule has 0 N–H and O–H groups in total. The zero-order valence-corrected chi connectivity index (χ0v) is 13.0. The minimum absolute atomic E-state index is 0.549. The minimum atomic E-state index is 0.549. The van der Waals surface area contributed by atoms with Gasteiger partial charge in [-0.1, -0.05) is 42.2 Å². The van der Waals surface area contributed by atoms with E-state index < -0.39 is 0 Å². The summed E-state index contributed by atoms with van der Waals surface area (Å²) >= 11 is 7.14. The predicted octanol–water partition coefficient (Wildman–Crippen LogP) is 3.02. The van der Waals surface area contributed by atoms with Crippen molar-refractivity contribution in [2.75, 3.05) is 25.7 Å². The summed E-state index contributed by atoms with van der Waals surface area (Å²) in [5.41, 5.74) is 0. The lowest BCUT2D eigenvalue weighted by Crippen LogP contribution is -2.48. The molecular weight excluding hydrogens is 276 g/mol. The third-order valence-corrected chi connectivity index (χ3v) is 4.65. The highest BCUT2D eigenvalue weighted by Gasteiger charge is 2.22. The summed E-state index contributed by atoms with van der Waals surface area (Å²) in [6, 6.07) is 10.5. The molecule has 5 heteroatoms. The van der Waals surface area contributed by atoms with Gasteiger partial charge in [0.25, 0.3) is 0 Å². The Morgan fingerprint density at radius 1 is 1.32 bits per heavy atom. The second kappa shape index (κ2) is 7.12. The average Bonchev–Trinajstić information content (AvgIpc) is 2.42. The van der Waals surface area contributed by atoms with Crippen molar-refractivity contribution in [3.63, 3.8) is 0 Å². The summed E-state index contributed by atoms with van der Waals surface area (Å²) in [4.78, 5) is 4.62. The van der Waals surface area contributed by atoms with Gasteiger partial charge in [-0.25, -0.2) is 0 Å². The zero-order chi connectivity index (χ0) is 13.7. The first-order chi connectivity index (χ1) is 9.16. The van der Waals surface area contributed by atoms with Crippen LogP contribution in [0.15, 0.2) is 30.3 Å². The number of nitrogens with zero attached hydrogens (tertiary/aromatic N) is 2. The molecule has 2 rings (SSSR count). The lowest BCUT2D eigenvalue weighted by molar-refractivity contribution is 0.159. The van der Waals surface area contributed by atoms with Gasteiger partial charge in [0.2, 0.25) is 0 Å². The summed E-state index contributed by atoms with van der Waals surface area (Å²) in [6.07, 6.45) is 0. The maximum Gasteiger partial charge on any atom is 0.138 e. The van der Waals surface area contributed by atoms with Gasteiger partial charge in [0.1, 0.15) is 16.7 Å². The van der Waals surface area contributed by atoms with Crippen molar-refractivity contribution in [2.45, 2.75) is 19.9 Å². The fourth-order valence-corrected chi connectivity index (χ4v) is 3.11. The van der Waals surface area contributed by atoms with Crippen molar-refractivity contribution in [1.82, 2.24) is 9.80 Å². The number of rotatable bonds is 5. The first kappa shape index (κ1) is 14.6. The van der Waals surface area contributed by atoms with Gasteiger partial charge in [-0.2, -0.15) is 0 Å². The number of ether oxygens (including phenoxy) is 1. The average molecular weight is 296 g/mol. The number of para-hydroxylation sites is 1. The first-order valence-corrected chi connectivity index (χ1v) is 7.90. The van der Waals surface area contributed by atoms with Crippen LogP contribution in [0.4, 0.5) is 0 Å². The second-order valence-corrected chi connectivity index (χ2v) is 6.37. The molecule has 0 bridgehead atoms. The third kappa shape index (κ3) is 4.37. The van der Waals surface area contributed by atoms with E-state index in [0.29, 0.717) is 12.6 Å². The number of hydrogen-bond acceptors (Lipinski definition) is 4. The van der Waals surface area contributed by atoms with E-state index in [4.69, 9.17) is 17.0 Å². The molecule has 3 nitrogen and oxygen atoms in total. The van der Waals surface area contributed by atoms with Crippen LogP contribution in [0.3, 0.4) is 0 Å². The maximum absolute atomic E-state index is 5.72. The largest absolute Gasteiger partial charge is 0.492 e. The molecule has 1 aliphatic rings. The fourth-order valence-electron chi connectivity index (χ4n) is 1.81. The molecule has 0 saturated carbocycles. The van der Waals surface area contributed by atoms with Crippen molar-refractivity contribution in [3.8, 4) is 5.75 Å². The van der Waals surface area contributed by atoms with Gasteiger partial charge in [-0.15, -0.1) is 0 Å². The molecule has 1 heterocycles. The van der Waals surface area contributed by atoms with Crippen LogP contribution in [0.5, 0.6) is 5.75 Å². The Morgan fingerprint density at radius 3 is 2.74 bits per heavy atom. The monoisotopic (exact) mass is 296 g/mol. The van der Waals surface area contributed by atoms with Crippen LogP contribution in [0, 0.1) is 0 Å². The molecular formula is C14H20N2OS2. The van der Waals surface area contributed by atoms with Gasteiger partial charge >= 0.3 is 0 Å². The third-order valence-electron chi connectivity index (χ3n) is 3.07. The molecule has 1 aromatic rings. The number of thioether (sulfide) groups is 1. The highest BCUT2D eigenvalue weighted by atomic mass is 32.2. The van der Waals surface area contributed by atoms with Crippen LogP contribution in [-0.4, -0.2) is 45.9 Å². The molecule has 19 heavy (non-hydrogen) atoms. The van der Waals surface area contributed by atoms with Gasteiger partial charge < -0.3 is 9.64 Å². The normalized spacial score (nSPS) is 17.0. The zero-order valence-electron chi connectivity index (χ0n) is 11.4. The molecule has 0 radical (unpaired) electrons. The van der Waals surface area contributed by atoms with E-state index in [9.17, 15) is 0 Å². The second-order valence-electron chi connectivity index (χ2n) is 4.79. The van der Waals surface area contributed by atoms with Gasteiger partial charge in [0.15, 0.2) is 0 Å². The van der Waals surface area contributed by atoms with Crippen molar-refractivity contribution in [1.29, 1.82) is 0 Å². The quantitative estimate of drug-likeness (QED) is 0.774. The van der Waals surface area contributed by atoms with Crippen molar-refractivity contribution < 1.29 is 4.74 Å². The number of hydrogen-bond donors (Lipinski definition) is 0. The van der Waals surface area contributed by atoms with Crippen molar-refractivity contribution in [3.05, 3.63) is 30.3 Å². The molecule has 0 aromatic heterocycles. The van der Waals surface area contributed by atoms with Gasteiger partial charge in [0.05, 0.1) is 19.1 Å². The van der Waals surface area contributed by atoms with E-state index in [-0.39, 0.29) is 0 Å². The highest BCUT2D eigenvalue weighted by molar-refractivity contribution is 8.22. The van der Waals surface area contributed by atoms with E-state index in [0.717, 1.165) is 29.2 Å². The standard InChI is InChI=1S/C14H20N2OS2/c1-12(2)16-10-15(14(18)19-11-16)8-9-17-13-6-4-3-5-7-13/h3-7,12H,8-11H2,1-2H3. The number of thiocarbonyl (C=S) groups is 1. The van der Waals surface area contributed by atoms with E-state index in [2.05, 4.69) is 23.6 Å². The SMILES string of the molecule is CC(C)N1CSC(=S)N(CCOc2ccccc2)C1. The highest BCUT2D eigenvalue weighted by Crippen LogP contribution is 2.20. The van der Waals surface area contributed by atoms with E-state index in [1.807, 2.05) is 30.3 Å². The van der Waals surface area contributed by atoms with Crippen molar-refractivity contribution in [2.24, 2.45) is 0 Å². The minimum Gasteiger partial charge on any atom is -0.492 e. The molecule has 0 amide bonds. The van der Waals surface area contributed by atoms with E-state index >= 15 is 0 Å². The lowest BCUT2D eigenvalue weighted by Gasteiger charge is -2.38. The van der Waals surface area contributed by atoms with Gasteiger partial charge in [-0.3, -0.25) is 4.90 Å². The Balaban J connectivity index is 1.79. The predicted molar refractivity (Wildman–Crippen MR) is 85.5 cm³/mol. The molecule has 0 spiro atoms. The van der Waals surface area contributed by atoms with Crippen LogP contribution < -0.4 is 4.74 Å². The summed E-state index contributed by atoms with van der Waals surface area (Å²) in [6.45, 7) is 6.84. The maximum atomic E-state index is 5.72. The van der Waals surface area contributed by atoms with Gasteiger partial charge in [-0.05, 0) is 26.0 Å². The Morgan fingerprint density at radius 2 is 2.05 bits per heavy atom. The smallest absolute Gasteiger partial charge is 0.138 e. The molecule has 0 atom stereocenters. The summed E-state index contributed by atoms with van der Waals surface area (Å²) in [7, 11) is 0. The summed E-state index contributed by atoms with van der Waals surface area (Å²) < 4.78 is 6.70. The van der Waals surface area contributed by atoms with Crippen molar-refractivity contribution >= 4 is 28.3 Å². The molecule has 0 aliphatic carbocycles. The van der Waals surface area contributed by atoms with Crippen LogP contribution in [-0.2, 0) is 0 Å². The summed E-state index contributed by atoms with van der Waals surface area (Å²) in [5, 5.41) is 0.